The van der Waals surface area contributed by atoms with Gasteiger partial charge in [0.1, 0.15) is 5.82 Å². The molecule has 0 amide bonds. The first-order valence-electron chi connectivity index (χ1n) is 6.85. The van der Waals surface area contributed by atoms with Gasteiger partial charge in [0.15, 0.2) is 0 Å². The fourth-order valence-corrected chi connectivity index (χ4v) is 2.24. The summed E-state index contributed by atoms with van der Waals surface area (Å²) in [6.45, 7) is 4.49. The molecule has 0 saturated heterocycles. The third-order valence-corrected chi connectivity index (χ3v) is 3.32. The summed E-state index contributed by atoms with van der Waals surface area (Å²) >= 11 is 6.16. The SMILES string of the molecule is CCCN(N)c1nc(CC)n(-c2ccccc2Cl)c(=O)n1. The fraction of sp³-hybridized carbons (Fsp3) is 0.357. The van der Waals surface area contributed by atoms with Gasteiger partial charge in [0.05, 0.1) is 10.7 Å². The number of anilines is 1. The number of benzene rings is 1. The Morgan fingerprint density at radius 3 is 2.62 bits per heavy atom. The summed E-state index contributed by atoms with van der Waals surface area (Å²) in [6, 6.07) is 7.11. The van der Waals surface area contributed by atoms with Gasteiger partial charge in [-0.25, -0.2) is 15.2 Å². The zero-order valence-electron chi connectivity index (χ0n) is 12.1. The Hall–Kier alpha value is -1.92. The maximum atomic E-state index is 12.4. The summed E-state index contributed by atoms with van der Waals surface area (Å²) in [6.07, 6.45) is 1.41. The van der Waals surface area contributed by atoms with E-state index in [2.05, 4.69) is 9.97 Å². The third kappa shape index (κ3) is 3.22. The van der Waals surface area contributed by atoms with Gasteiger partial charge in [-0.05, 0) is 18.6 Å². The molecule has 2 N–H and O–H groups in total. The van der Waals surface area contributed by atoms with Crippen LogP contribution in [0.15, 0.2) is 29.1 Å². The van der Waals surface area contributed by atoms with Crippen molar-refractivity contribution in [3.8, 4) is 5.69 Å². The largest absolute Gasteiger partial charge is 0.356 e. The quantitative estimate of drug-likeness (QED) is 0.674. The van der Waals surface area contributed by atoms with E-state index in [0.717, 1.165) is 6.42 Å². The van der Waals surface area contributed by atoms with Gasteiger partial charge in [-0.1, -0.05) is 37.6 Å². The lowest BCUT2D eigenvalue weighted by molar-refractivity contribution is 0.713. The van der Waals surface area contributed by atoms with E-state index in [-0.39, 0.29) is 5.95 Å². The van der Waals surface area contributed by atoms with Crippen LogP contribution in [-0.4, -0.2) is 21.1 Å². The molecule has 0 aliphatic heterocycles. The highest BCUT2D eigenvalue weighted by Crippen LogP contribution is 2.19. The summed E-state index contributed by atoms with van der Waals surface area (Å²) in [7, 11) is 0. The minimum atomic E-state index is -0.434. The van der Waals surface area contributed by atoms with Crippen LogP contribution in [0.5, 0.6) is 0 Å². The van der Waals surface area contributed by atoms with E-state index in [1.54, 1.807) is 18.2 Å². The van der Waals surface area contributed by atoms with Crippen molar-refractivity contribution in [3.05, 3.63) is 45.6 Å². The molecule has 0 aliphatic carbocycles. The van der Waals surface area contributed by atoms with E-state index < -0.39 is 5.69 Å². The van der Waals surface area contributed by atoms with E-state index in [0.29, 0.717) is 29.5 Å². The lowest BCUT2D eigenvalue weighted by Gasteiger charge is -2.18. The maximum absolute atomic E-state index is 12.4. The van der Waals surface area contributed by atoms with Crippen LogP contribution in [0.25, 0.3) is 5.69 Å². The molecule has 0 atom stereocenters. The molecule has 0 aliphatic rings. The van der Waals surface area contributed by atoms with E-state index in [4.69, 9.17) is 17.4 Å². The van der Waals surface area contributed by atoms with Crippen molar-refractivity contribution in [2.24, 2.45) is 5.84 Å². The summed E-state index contributed by atoms with van der Waals surface area (Å²) in [5.41, 5.74) is 0.142. The molecule has 6 nitrogen and oxygen atoms in total. The maximum Gasteiger partial charge on any atom is 0.356 e. The molecule has 0 bridgehead atoms. The van der Waals surface area contributed by atoms with Crippen molar-refractivity contribution in [1.82, 2.24) is 14.5 Å². The second-order valence-corrected chi connectivity index (χ2v) is 4.96. The van der Waals surface area contributed by atoms with E-state index in [1.807, 2.05) is 19.9 Å². The molecule has 112 valence electrons. The zero-order valence-corrected chi connectivity index (χ0v) is 12.8. The molecule has 2 rings (SSSR count). The first-order valence-corrected chi connectivity index (χ1v) is 7.23. The average molecular weight is 308 g/mol. The molecule has 21 heavy (non-hydrogen) atoms. The lowest BCUT2D eigenvalue weighted by Crippen LogP contribution is -2.37. The number of rotatable bonds is 5. The molecule has 1 aromatic carbocycles. The minimum Gasteiger partial charge on any atom is -0.279 e. The van der Waals surface area contributed by atoms with Crippen LogP contribution in [0, 0.1) is 0 Å². The monoisotopic (exact) mass is 307 g/mol. The molecule has 0 spiro atoms. The number of aryl methyl sites for hydroxylation is 1. The van der Waals surface area contributed by atoms with Crippen molar-refractivity contribution >= 4 is 17.5 Å². The Balaban J connectivity index is 2.59. The Kier molecular flexibility index (Phi) is 4.93. The molecular weight excluding hydrogens is 290 g/mol. The van der Waals surface area contributed by atoms with E-state index in [9.17, 15) is 4.79 Å². The van der Waals surface area contributed by atoms with Gasteiger partial charge in [-0.2, -0.15) is 9.97 Å². The van der Waals surface area contributed by atoms with E-state index in [1.165, 1.54) is 9.58 Å². The van der Waals surface area contributed by atoms with Crippen molar-refractivity contribution in [1.29, 1.82) is 0 Å². The Morgan fingerprint density at radius 1 is 1.29 bits per heavy atom. The number of aromatic nitrogens is 3. The van der Waals surface area contributed by atoms with Crippen LogP contribution in [0.2, 0.25) is 5.02 Å². The second kappa shape index (κ2) is 6.69. The number of nitrogens with two attached hydrogens (primary N) is 1. The highest BCUT2D eigenvalue weighted by atomic mass is 35.5. The molecular formula is C14H18ClN5O. The van der Waals surface area contributed by atoms with Gasteiger partial charge in [-0.15, -0.1) is 0 Å². The van der Waals surface area contributed by atoms with Gasteiger partial charge in [0.2, 0.25) is 5.95 Å². The normalized spacial score (nSPS) is 10.7. The Morgan fingerprint density at radius 2 is 2.00 bits per heavy atom. The minimum absolute atomic E-state index is 0.238. The topological polar surface area (TPSA) is 77.0 Å². The van der Waals surface area contributed by atoms with Crippen LogP contribution in [0.1, 0.15) is 26.1 Å². The molecule has 0 fully saturated rings. The lowest BCUT2D eigenvalue weighted by atomic mass is 10.3. The number of hydrogen-bond acceptors (Lipinski definition) is 5. The first-order chi connectivity index (χ1) is 10.1. The number of para-hydroxylation sites is 1. The summed E-state index contributed by atoms with van der Waals surface area (Å²) in [5, 5.41) is 1.86. The zero-order chi connectivity index (χ0) is 15.4. The van der Waals surface area contributed by atoms with Crippen LogP contribution >= 0.6 is 11.6 Å². The smallest absolute Gasteiger partial charge is 0.279 e. The third-order valence-electron chi connectivity index (χ3n) is 3.01. The number of halogens is 1. The fourth-order valence-electron chi connectivity index (χ4n) is 2.02. The Labute approximate surface area is 128 Å². The summed E-state index contributed by atoms with van der Waals surface area (Å²) in [5.74, 6) is 6.66. The van der Waals surface area contributed by atoms with Crippen molar-refractivity contribution in [2.45, 2.75) is 26.7 Å². The van der Waals surface area contributed by atoms with Gasteiger partial charge < -0.3 is 0 Å². The molecule has 0 unspecified atom stereocenters. The van der Waals surface area contributed by atoms with Gasteiger partial charge in [0.25, 0.3) is 0 Å². The number of hydrazine groups is 1. The van der Waals surface area contributed by atoms with Crippen molar-refractivity contribution in [2.75, 3.05) is 11.6 Å². The van der Waals surface area contributed by atoms with Crippen LogP contribution in [-0.2, 0) is 6.42 Å². The average Bonchev–Trinajstić information content (AvgIpc) is 2.47. The van der Waals surface area contributed by atoms with Crippen LogP contribution < -0.4 is 16.5 Å². The molecule has 1 heterocycles. The molecule has 2 aromatic rings. The number of hydrogen-bond donors (Lipinski definition) is 1. The van der Waals surface area contributed by atoms with Crippen LogP contribution in [0.4, 0.5) is 5.95 Å². The molecule has 7 heteroatoms. The predicted molar refractivity (Wildman–Crippen MR) is 83.8 cm³/mol. The highest BCUT2D eigenvalue weighted by molar-refractivity contribution is 6.32. The Bertz CT molecular complexity index is 685. The second-order valence-electron chi connectivity index (χ2n) is 4.56. The van der Waals surface area contributed by atoms with Gasteiger partial charge >= 0.3 is 5.69 Å². The van der Waals surface area contributed by atoms with E-state index >= 15 is 0 Å². The van der Waals surface area contributed by atoms with Gasteiger partial charge in [0, 0.05) is 13.0 Å². The van der Waals surface area contributed by atoms with Crippen LogP contribution in [0.3, 0.4) is 0 Å². The highest BCUT2D eigenvalue weighted by Gasteiger charge is 2.15. The molecule has 0 saturated carbocycles. The standard InChI is InChI=1S/C14H18ClN5O/c1-3-9-19(16)13-17-12(4-2)20(14(21)18-13)11-8-6-5-7-10(11)15/h5-8H,3-4,9,16H2,1-2H3. The molecule has 0 radical (unpaired) electrons. The summed E-state index contributed by atoms with van der Waals surface area (Å²) < 4.78 is 1.42. The van der Waals surface area contributed by atoms with Crippen molar-refractivity contribution < 1.29 is 0 Å². The van der Waals surface area contributed by atoms with Crippen molar-refractivity contribution in [3.63, 3.8) is 0 Å². The first kappa shape index (κ1) is 15.5. The number of nitrogens with zero attached hydrogens (tertiary/aromatic N) is 4. The molecule has 1 aromatic heterocycles. The van der Waals surface area contributed by atoms with Gasteiger partial charge in [-0.3, -0.25) is 5.01 Å². The predicted octanol–water partition coefficient (Wildman–Crippen LogP) is 1.93. The summed E-state index contributed by atoms with van der Waals surface area (Å²) in [4.78, 5) is 20.7.